The first-order valence-electron chi connectivity index (χ1n) is 7.94. The summed E-state index contributed by atoms with van der Waals surface area (Å²) in [4.78, 5) is 12.5. The Morgan fingerprint density at radius 2 is 1.81 bits per heavy atom. The minimum absolute atomic E-state index is 0.207. The number of hydrogen-bond acceptors (Lipinski definition) is 7. The van der Waals surface area contributed by atoms with Gasteiger partial charge in [0.15, 0.2) is 6.10 Å². The fourth-order valence-electron chi connectivity index (χ4n) is 2.34. The molecule has 0 amide bonds. The van der Waals surface area contributed by atoms with Gasteiger partial charge in [0.25, 0.3) is 5.89 Å². The summed E-state index contributed by atoms with van der Waals surface area (Å²) >= 11 is 0. The number of methoxy groups -OCH3 is 2. The van der Waals surface area contributed by atoms with Crippen molar-refractivity contribution >= 4 is 5.97 Å². The number of ether oxygens (including phenoxy) is 3. The summed E-state index contributed by atoms with van der Waals surface area (Å²) in [5.74, 6) is 0.905. The summed E-state index contributed by atoms with van der Waals surface area (Å²) in [6.45, 7) is 1.66. The number of aromatic nitrogens is 2. The monoisotopic (exact) mass is 354 g/mol. The lowest BCUT2D eigenvalue weighted by molar-refractivity contribution is 0.0276. The molecule has 0 saturated carbocycles. The molecule has 0 aliphatic heterocycles. The van der Waals surface area contributed by atoms with Gasteiger partial charge in [0.1, 0.15) is 17.1 Å². The summed E-state index contributed by atoms with van der Waals surface area (Å²) in [5, 5.41) is 7.96. The zero-order chi connectivity index (χ0) is 18.5. The smallest absolute Gasteiger partial charge is 0.342 e. The van der Waals surface area contributed by atoms with Gasteiger partial charge >= 0.3 is 5.97 Å². The number of carbonyl (C=O) groups excluding carboxylic acids is 1. The quantitative estimate of drug-likeness (QED) is 0.624. The minimum Gasteiger partial charge on any atom is -0.497 e. The van der Waals surface area contributed by atoms with Crippen LogP contribution >= 0.6 is 0 Å². The maximum atomic E-state index is 12.5. The van der Waals surface area contributed by atoms with Gasteiger partial charge in [-0.1, -0.05) is 18.2 Å². The predicted octanol–water partition coefficient (Wildman–Crippen LogP) is 3.67. The summed E-state index contributed by atoms with van der Waals surface area (Å²) in [6, 6.07) is 14.2. The second-order valence-electron chi connectivity index (χ2n) is 5.43. The summed E-state index contributed by atoms with van der Waals surface area (Å²) in [6.07, 6.45) is -0.719. The van der Waals surface area contributed by atoms with Gasteiger partial charge in [0.2, 0.25) is 5.89 Å². The number of hydrogen-bond donors (Lipinski definition) is 0. The molecule has 0 radical (unpaired) electrons. The Morgan fingerprint density at radius 1 is 1.04 bits per heavy atom. The Kier molecular flexibility index (Phi) is 5.17. The van der Waals surface area contributed by atoms with Gasteiger partial charge in [0, 0.05) is 5.56 Å². The summed E-state index contributed by atoms with van der Waals surface area (Å²) in [5.41, 5.74) is 1.04. The number of benzene rings is 2. The molecular formula is C19H18N2O5. The molecule has 3 rings (SSSR count). The van der Waals surface area contributed by atoms with Crippen LogP contribution in [0.4, 0.5) is 0 Å². The lowest BCUT2D eigenvalue weighted by Crippen LogP contribution is -2.11. The van der Waals surface area contributed by atoms with E-state index >= 15 is 0 Å². The van der Waals surface area contributed by atoms with Crippen LogP contribution in [0, 0.1) is 0 Å². The van der Waals surface area contributed by atoms with E-state index in [0.717, 1.165) is 5.56 Å². The summed E-state index contributed by atoms with van der Waals surface area (Å²) < 4.78 is 21.4. The minimum atomic E-state index is -0.719. The molecule has 7 heteroatoms. The van der Waals surface area contributed by atoms with Crippen LogP contribution in [0.1, 0.15) is 29.3 Å². The van der Waals surface area contributed by atoms with Gasteiger partial charge in [0.05, 0.1) is 14.2 Å². The topological polar surface area (TPSA) is 83.7 Å². The van der Waals surface area contributed by atoms with Crippen LogP contribution in [-0.2, 0) is 4.74 Å². The first kappa shape index (κ1) is 17.5. The molecule has 2 aromatic carbocycles. The molecule has 0 aliphatic rings. The average molecular weight is 354 g/mol. The molecule has 1 aromatic heterocycles. The Hall–Kier alpha value is -3.35. The van der Waals surface area contributed by atoms with Crippen molar-refractivity contribution in [1.82, 2.24) is 10.2 Å². The lowest BCUT2D eigenvalue weighted by atomic mass is 10.2. The number of nitrogens with zero attached hydrogens (tertiary/aromatic N) is 2. The molecular weight excluding hydrogens is 336 g/mol. The number of esters is 1. The molecule has 0 spiro atoms. The van der Waals surface area contributed by atoms with Crippen molar-refractivity contribution in [1.29, 1.82) is 0 Å². The van der Waals surface area contributed by atoms with Crippen LogP contribution in [0.25, 0.3) is 11.5 Å². The van der Waals surface area contributed by atoms with E-state index in [2.05, 4.69) is 10.2 Å². The van der Waals surface area contributed by atoms with Gasteiger partial charge in [-0.25, -0.2) is 4.79 Å². The zero-order valence-electron chi connectivity index (χ0n) is 14.6. The highest BCUT2D eigenvalue weighted by molar-refractivity contribution is 5.93. The molecule has 7 nitrogen and oxygen atoms in total. The van der Waals surface area contributed by atoms with Crippen LogP contribution in [0.3, 0.4) is 0 Å². The maximum Gasteiger partial charge on any atom is 0.342 e. The highest BCUT2D eigenvalue weighted by Gasteiger charge is 2.22. The Balaban J connectivity index is 1.77. The van der Waals surface area contributed by atoms with Crippen molar-refractivity contribution in [3.05, 3.63) is 60.0 Å². The van der Waals surface area contributed by atoms with Crippen molar-refractivity contribution in [2.24, 2.45) is 0 Å². The second kappa shape index (κ2) is 7.69. The van der Waals surface area contributed by atoms with E-state index in [1.165, 1.54) is 14.2 Å². The molecule has 134 valence electrons. The average Bonchev–Trinajstić information content (AvgIpc) is 3.18. The van der Waals surface area contributed by atoms with Crippen LogP contribution < -0.4 is 9.47 Å². The number of carbonyl (C=O) groups is 1. The van der Waals surface area contributed by atoms with Crippen molar-refractivity contribution < 1.29 is 23.4 Å². The molecule has 0 aliphatic carbocycles. The Labute approximate surface area is 150 Å². The fourth-order valence-corrected chi connectivity index (χ4v) is 2.34. The molecule has 0 N–H and O–H groups in total. The highest BCUT2D eigenvalue weighted by atomic mass is 16.6. The van der Waals surface area contributed by atoms with E-state index in [-0.39, 0.29) is 11.5 Å². The first-order valence-corrected chi connectivity index (χ1v) is 7.94. The predicted molar refractivity (Wildman–Crippen MR) is 93.1 cm³/mol. The third-order valence-electron chi connectivity index (χ3n) is 3.72. The zero-order valence-corrected chi connectivity index (χ0v) is 14.6. The van der Waals surface area contributed by atoms with E-state index in [1.807, 2.05) is 30.3 Å². The Morgan fingerprint density at radius 3 is 2.50 bits per heavy atom. The van der Waals surface area contributed by atoms with E-state index in [9.17, 15) is 4.79 Å². The van der Waals surface area contributed by atoms with E-state index in [0.29, 0.717) is 17.4 Å². The normalized spacial score (nSPS) is 11.7. The van der Waals surface area contributed by atoms with Crippen LogP contribution in [0.5, 0.6) is 11.5 Å². The molecule has 0 saturated heterocycles. The first-order chi connectivity index (χ1) is 12.6. The Bertz CT molecular complexity index is 892. The SMILES string of the molecule is COc1ccc(OC)c(C(=O)OC(C)c2nnc(-c3ccccc3)o2)c1. The van der Waals surface area contributed by atoms with Crippen molar-refractivity contribution in [2.45, 2.75) is 13.0 Å². The largest absolute Gasteiger partial charge is 0.497 e. The van der Waals surface area contributed by atoms with Gasteiger partial charge in [-0.05, 0) is 37.3 Å². The van der Waals surface area contributed by atoms with Crippen LogP contribution in [0.2, 0.25) is 0 Å². The van der Waals surface area contributed by atoms with Crippen molar-refractivity contribution in [2.75, 3.05) is 14.2 Å². The van der Waals surface area contributed by atoms with E-state index < -0.39 is 12.1 Å². The third kappa shape index (κ3) is 3.66. The van der Waals surface area contributed by atoms with E-state index in [4.69, 9.17) is 18.6 Å². The van der Waals surface area contributed by atoms with Crippen LogP contribution in [-0.4, -0.2) is 30.4 Å². The standard InChI is InChI=1S/C19H18N2O5/c1-12(17-20-21-18(26-17)13-7-5-4-6-8-13)25-19(22)15-11-14(23-2)9-10-16(15)24-3/h4-12H,1-3H3. The fraction of sp³-hybridized carbons (Fsp3) is 0.211. The molecule has 0 bridgehead atoms. The highest BCUT2D eigenvalue weighted by Crippen LogP contribution is 2.27. The lowest BCUT2D eigenvalue weighted by Gasteiger charge is -2.12. The molecule has 3 aromatic rings. The molecule has 1 heterocycles. The molecule has 1 unspecified atom stereocenters. The van der Waals surface area contributed by atoms with Gasteiger partial charge in [-0.15, -0.1) is 10.2 Å². The van der Waals surface area contributed by atoms with Gasteiger partial charge in [-0.2, -0.15) is 0 Å². The number of rotatable bonds is 6. The van der Waals surface area contributed by atoms with E-state index in [1.54, 1.807) is 25.1 Å². The second-order valence-corrected chi connectivity index (χ2v) is 5.43. The molecule has 0 fully saturated rings. The molecule has 26 heavy (non-hydrogen) atoms. The van der Waals surface area contributed by atoms with Crippen molar-refractivity contribution in [3.8, 4) is 23.0 Å². The molecule has 1 atom stereocenters. The van der Waals surface area contributed by atoms with Gasteiger partial charge < -0.3 is 18.6 Å². The maximum absolute atomic E-state index is 12.5. The summed E-state index contributed by atoms with van der Waals surface area (Å²) in [7, 11) is 3.00. The van der Waals surface area contributed by atoms with Crippen molar-refractivity contribution in [3.63, 3.8) is 0 Å². The van der Waals surface area contributed by atoms with Crippen LogP contribution in [0.15, 0.2) is 52.9 Å². The third-order valence-corrected chi connectivity index (χ3v) is 3.72. The van der Waals surface area contributed by atoms with Gasteiger partial charge in [-0.3, -0.25) is 0 Å².